The second-order valence-corrected chi connectivity index (χ2v) is 2.51. The molecule has 1 aromatic heterocycles. The Morgan fingerprint density at radius 3 is 2.92 bits per heavy atom. The summed E-state index contributed by atoms with van der Waals surface area (Å²) in [7, 11) is 0. The highest BCUT2D eigenvalue weighted by molar-refractivity contribution is 6.33. The molecule has 0 fully saturated rings. The summed E-state index contributed by atoms with van der Waals surface area (Å²) in [5.41, 5.74) is 0.0339. The second-order valence-electron chi connectivity index (χ2n) is 2.10. The zero-order valence-corrected chi connectivity index (χ0v) is 7.08. The van der Waals surface area contributed by atoms with Crippen molar-refractivity contribution in [2.24, 2.45) is 0 Å². The van der Waals surface area contributed by atoms with E-state index in [0.29, 0.717) is 6.29 Å². The first kappa shape index (κ1) is 9.47. The van der Waals surface area contributed by atoms with Crippen LogP contribution < -0.4 is 5.32 Å². The van der Waals surface area contributed by atoms with Gasteiger partial charge < -0.3 is 5.11 Å². The number of pyridine rings is 1. The number of halogens is 1. The lowest BCUT2D eigenvalue weighted by atomic mass is 10.3. The minimum Gasteiger partial charge on any atom is -0.465 e. The predicted octanol–water partition coefficient (Wildman–Crippen LogP) is 1.64. The van der Waals surface area contributed by atoms with Gasteiger partial charge in [0.15, 0.2) is 6.29 Å². The quantitative estimate of drug-likeness (QED) is 0.712. The SMILES string of the molecule is O=Cc1c(Cl)ccnc1NC(=O)O. The Hall–Kier alpha value is -1.62. The normalized spacial score (nSPS) is 9.31. The Morgan fingerprint density at radius 1 is 1.69 bits per heavy atom. The van der Waals surface area contributed by atoms with Crippen LogP contribution in [-0.2, 0) is 0 Å². The third-order valence-corrected chi connectivity index (χ3v) is 1.61. The molecule has 0 bridgehead atoms. The molecule has 13 heavy (non-hydrogen) atoms. The molecular weight excluding hydrogens is 196 g/mol. The van der Waals surface area contributed by atoms with Crippen LogP contribution in [0, 0.1) is 0 Å². The maximum Gasteiger partial charge on any atom is 0.410 e. The van der Waals surface area contributed by atoms with Crippen LogP contribution in [0.1, 0.15) is 10.4 Å². The molecule has 1 amide bonds. The van der Waals surface area contributed by atoms with Crippen molar-refractivity contribution < 1.29 is 14.7 Å². The highest BCUT2D eigenvalue weighted by Gasteiger charge is 2.09. The van der Waals surface area contributed by atoms with E-state index in [9.17, 15) is 9.59 Å². The summed E-state index contributed by atoms with van der Waals surface area (Å²) in [4.78, 5) is 24.4. The molecule has 0 saturated carbocycles. The number of nitrogens with one attached hydrogen (secondary N) is 1. The van der Waals surface area contributed by atoms with Crippen LogP contribution in [0.25, 0.3) is 0 Å². The zero-order chi connectivity index (χ0) is 9.84. The molecule has 0 spiro atoms. The number of aromatic nitrogens is 1. The minimum atomic E-state index is -1.29. The van der Waals surface area contributed by atoms with Crippen molar-refractivity contribution in [1.82, 2.24) is 4.98 Å². The Labute approximate surface area is 78.4 Å². The topological polar surface area (TPSA) is 79.3 Å². The van der Waals surface area contributed by atoms with Gasteiger partial charge in [-0.05, 0) is 6.07 Å². The number of aldehydes is 1. The molecule has 0 atom stereocenters. The summed E-state index contributed by atoms with van der Waals surface area (Å²) >= 11 is 5.61. The standard InChI is InChI=1S/C7H5ClN2O3/c8-5-1-2-9-6(4(5)3-11)10-7(12)13/h1-3H,(H,9,10)(H,12,13). The van der Waals surface area contributed by atoms with E-state index in [0.717, 1.165) is 0 Å². The number of rotatable bonds is 2. The van der Waals surface area contributed by atoms with Crippen molar-refractivity contribution >= 4 is 29.8 Å². The third-order valence-electron chi connectivity index (χ3n) is 1.28. The van der Waals surface area contributed by atoms with Crippen molar-refractivity contribution in [2.45, 2.75) is 0 Å². The number of amides is 1. The number of nitrogens with zero attached hydrogens (tertiary/aromatic N) is 1. The molecular formula is C7H5ClN2O3. The molecule has 0 aliphatic heterocycles. The highest BCUT2D eigenvalue weighted by Crippen LogP contribution is 2.19. The smallest absolute Gasteiger partial charge is 0.410 e. The number of anilines is 1. The summed E-state index contributed by atoms with van der Waals surface area (Å²) in [6, 6.07) is 1.40. The van der Waals surface area contributed by atoms with Gasteiger partial charge in [0.2, 0.25) is 0 Å². The van der Waals surface area contributed by atoms with Gasteiger partial charge in [-0.3, -0.25) is 10.1 Å². The average molecular weight is 201 g/mol. The van der Waals surface area contributed by atoms with Crippen LogP contribution >= 0.6 is 11.6 Å². The Balaban J connectivity index is 3.12. The molecule has 1 rings (SSSR count). The molecule has 5 nitrogen and oxygen atoms in total. The van der Waals surface area contributed by atoms with Gasteiger partial charge in [0.1, 0.15) is 5.82 Å². The fourth-order valence-electron chi connectivity index (χ4n) is 0.763. The van der Waals surface area contributed by atoms with Gasteiger partial charge >= 0.3 is 6.09 Å². The third kappa shape index (κ3) is 2.16. The summed E-state index contributed by atoms with van der Waals surface area (Å²) in [5.74, 6) is -0.0602. The maximum atomic E-state index is 10.5. The number of hydrogen-bond donors (Lipinski definition) is 2. The van der Waals surface area contributed by atoms with Crippen molar-refractivity contribution in [2.75, 3.05) is 5.32 Å². The Kier molecular flexibility index (Phi) is 2.81. The fourth-order valence-corrected chi connectivity index (χ4v) is 0.953. The number of carbonyl (C=O) groups is 2. The van der Waals surface area contributed by atoms with Gasteiger partial charge in [0.25, 0.3) is 0 Å². The van der Waals surface area contributed by atoms with Crippen molar-refractivity contribution in [1.29, 1.82) is 0 Å². The predicted molar refractivity (Wildman–Crippen MR) is 46.3 cm³/mol. The van der Waals surface area contributed by atoms with Crippen molar-refractivity contribution in [3.63, 3.8) is 0 Å². The summed E-state index contributed by atoms with van der Waals surface area (Å²) in [6.07, 6.45) is 0.458. The number of carboxylic acid groups (broad SMARTS) is 1. The van der Waals surface area contributed by atoms with Crippen LogP contribution in [0.2, 0.25) is 5.02 Å². The molecule has 0 aliphatic rings. The zero-order valence-electron chi connectivity index (χ0n) is 6.32. The van der Waals surface area contributed by atoms with Crippen LogP contribution in [0.3, 0.4) is 0 Å². The first-order chi connectivity index (χ1) is 6.15. The molecule has 0 radical (unpaired) electrons. The van der Waals surface area contributed by atoms with Crippen LogP contribution in [-0.4, -0.2) is 22.5 Å². The van der Waals surface area contributed by atoms with Gasteiger partial charge in [-0.2, -0.15) is 0 Å². The molecule has 0 aromatic carbocycles. The van der Waals surface area contributed by atoms with E-state index in [1.807, 2.05) is 5.32 Å². The lowest BCUT2D eigenvalue weighted by Crippen LogP contribution is -2.10. The van der Waals surface area contributed by atoms with Gasteiger partial charge in [-0.15, -0.1) is 0 Å². The van der Waals surface area contributed by atoms with Gasteiger partial charge in [0, 0.05) is 6.20 Å². The Morgan fingerprint density at radius 2 is 2.38 bits per heavy atom. The van der Waals surface area contributed by atoms with Crippen molar-refractivity contribution in [3.05, 3.63) is 22.8 Å². The average Bonchev–Trinajstić information content (AvgIpc) is 2.03. The lowest BCUT2D eigenvalue weighted by molar-refractivity contribution is 0.112. The van der Waals surface area contributed by atoms with E-state index in [-0.39, 0.29) is 16.4 Å². The van der Waals surface area contributed by atoms with Gasteiger partial charge in [-0.25, -0.2) is 9.78 Å². The summed E-state index contributed by atoms with van der Waals surface area (Å²) in [6.45, 7) is 0. The maximum absolute atomic E-state index is 10.5. The minimum absolute atomic E-state index is 0.0339. The van der Waals surface area contributed by atoms with Crippen LogP contribution in [0.15, 0.2) is 12.3 Å². The molecule has 0 aliphatic carbocycles. The molecule has 2 N–H and O–H groups in total. The van der Waals surface area contributed by atoms with Crippen LogP contribution in [0.5, 0.6) is 0 Å². The van der Waals surface area contributed by atoms with Crippen LogP contribution in [0.4, 0.5) is 10.6 Å². The van der Waals surface area contributed by atoms with Crippen molar-refractivity contribution in [3.8, 4) is 0 Å². The first-order valence-corrected chi connectivity index (χ1v) is 3.62. The highest BCUT2D eigenvalue weighted by atomic mass is 35.5. The molecule has 0 unspecified atom stereocenters. The lowest BCUT2D eigenvalue weighted by Gasteiger charge is -2.03. The summed E-state index contributed by atoms with van der Waals surface area (Å²) < 4.78 is 0. The Bertz CT molecular complexity index is 354. The van der Waals surface area contributed by atoms with Gasteiger partial charge in [-0.1, -0.05) is 11.6 Å². The van der Waals surface area contributed by atoms with E-state index in [4.69, 9.17) is 16.7 Å². The van der Waals surface area contributed by atoms with E-state index in [2.05, 4.69) is 4.98 Å². The first-order valence-electron chi connectivity index (χ1n) is 3.24. The molecule has 1 heterocycles. The monoisotopic (exact) mass is 200 g/mol. The largest absolute Gasteiger partial charge is 0.465 e. The number of carbonyl (C=O) groups excluding carboxylic acids is 1. The second kappa shape index (κ2) is 3.86. The molecule has 0 saturated heterocycles. The number of hydrogen-bond acceptors (Lipinski definition) is 3. The molecule has 68 valence electrons. The van der Waals surface area contributed by atoms with E-state index >= 15 is 0 Å². The van der Waals surface area contributed by atoms with E-state index in [1.165, 1.54) is 12.3 Å². The van der Waals surface area contributed by atoms with E-state index < -0.39 is 6.09 Å². The fraction of sp³-hybridized carbons (Fsp3) is 0. The molecule has 6 heteroatoms. The summed E-state index contributed by atoms with van der Waals surface area (Å²) in [5, 5.41) is 10.5. The van der Waals surface area contributed by atoms with E-state index in [1.54, 1.807) is 0 Å². The molecule has 1 aromatic rings. The van der Waals surface area contributed by atoms with Gasteiger partial charge in [0.05, 0.1) is 10.6 Å².